The molecule has 0 radical (unpaired) electrons. The van der Waals surface area contributed by atoms with Gasteiger partial charge in [0.05, 0.1) is 0 Å². The molecule has 0 amide bonds. The highest BCUT2D eigenvalue weighted by atomic mass is 19.2. The van der Waals surface area contributed by atoms with Crippen LogP contribution in [-0.2, 0) is 18.4 Å². The lowest BCUT2D eigenvalue weighted by Gasteiger charge is -2.27. The van der Waals surface area contributed by atoms with Gasteiger partial charge in [-0.1, -0.05) is 24.3 Å². The zero-order valence-corrected chi connectivity index (χ0v) is 12.0. The van der Waals surface area contributed by atoms with Gasteiger partial charge in [-0.3, -0.25) is 0 Å². The Morgan fingerprint density at radius 1 is 0.857 bits per heavy atom. The highest BCUT2D eigenvalue weighted by Crippen LogP contribution is 2.33. The van der Waals surface area contributed by atoms with Crippen LogP contribution in [0.2, 0.25) is 0 Å². The van der Waals surface area contributed by atoms with Crippen LogP contribution in [0.15, 0.2) is 36.4 Å². The minimum absolute atomic E-state index is 0.358. The van der Waals surface area contributed by atoms with Crippen LogP contribution in [0.3, 0.4) is 0 Å². The number of aryl methyl sites for hydroxylation is 2. The van der Waals surface area contributed by atoms with Crippen LogP contribution in [0.5, 0.6) is 0 Å². The maximum Gasteiger partial charge on any atom is 0.159 e. The number of hydrogen-bond donors (Lipinski definition) is 1. The highest BCUT2D eigenvalue weighted by Gasteiger charge is 2.27. The van der Waals surface area contributed by atoms with Gasteiger partial charge < -0.3 is 5.11 Å². The first-order chi connectivity index (χ1) is 9.98. The van der Waals surface area contributed by atoms with Gasteiger partial charge in [-0.05, 0) is 67.0 Å². The summed E-state index contributed by atoms with van der Waals surface area (Å²) in [6, 6.07) is 9.46. The Kier molecular flexibility index (Phi) is 3.54. The molecule has 1 aliphatic carbocycles. The van der Waals surface area contributed by atoms with Gasteiger partial charge in [0.2, 0.25) is 0 Å². The van der Waals surface area contributed by atoms with Gasteiger partial charge in [-0.2, -0.15) is 0 Å². The van der Waals surface area contributed by atoms with E-state index in [2.05, 4.69) is 0 Å². The summed E-state index contributed by atoms with van der Waals surface area (Å²) in [7, 11) is 0. The average Bonchev–Trinajstić information content (AvgIpc) is 2.49. The van der Waals surface area contributed by atoms with Crippen molar-refractivity contribution in [1.29, 1.82) is 0 Å². The second-order valence-corrected chi connectivity index (χ2v) is 5.89. The molecule has 0 fully saturated rings. The van der Waals surface area contributed by atoms with Crippen molar-refractivity contribution in [3.8, 4) is 0 Å². The molecule has 3 rings (SSSR count). The standard InChI is InChI=1S/C18H18F2O/c1-18(21,15-8-9-16(19)17(20)11-15)14-7-6-12-4-2-3-5-13(12)10-14/h6-11,21H,2-5H2,1H3. The van der Waals surface area contributed by atoms with Crippen LogP contribution in [-0.4, -0.2) is 5.11 Å². The molecule has 21 heavy (non-hydrogen) atoms. The molecular weight excluding hydrogens is 270 g/mol. The lowest BCUT2D eigenvalue weighted by atomic mass is 9.83. The third-order valence-corrected chi connectivity index (χ3v) is 4.39. The quantitative estimate of drug-likeness (QED) is 0.882. The first-order valence-corrected chi connectivity index (χ1v) is 7.28. The fraction of sp³-hybridized carbons (Fsp3) is 0.333. The van der Waals surface area contributed by atoms with Crippen LogP contribution in [0.4, 0.5) is 8.78 Å². The van der Waals surface area contributed by atoms with Crippen LogP contribution in [0.25, 0.3) is 0 Å². The van der Waals surface area contributed by atoms with E-state index >= 15 is 0 Å². The maximum atomic E-state index is 13.4. The second kappa shape index (κ2) is 5.23. The summed E-state index contributed by atoms with van der Waals surface area (Å²) in [6.07, 6.45) is 4.44. The molecule has 1 N–H and O–H groups in total. The molecule has 0 aliphatic heterocycles. The summed E-state index contributed by atoms with van der Waals surface area (Å²) in [5.41, 5.74) is 2.32. The van der Waals surface area contributed by atoms with Crippen molar-refractivity contribution in [1.82, 2.24) is 0 Å². The molecule has 3 heteroatoms. The van der Waals surface area contributed by atoms with Gasteiger partial charge in [-0.15, -0.1) is 0 Å². The van der Waals surface area contributed by atoms with E-state index in [0.29, 0.717) is 11.1 Å². The Balaban J connectivity index is 2.02. The number of fused-ring (bicyclic) bond motifs is 1. The number of halogens is 2. The molecule has 0 saturated carbocycles. The van der Waals surface area contributed by atoms with Crippen LogP contribution < -0.4 is 0 Å². The fourth-order valence-electron chi connectivity index (χ4n) is 3.00. The van der Waals surface area contributed by atoms with Crippen molar-refractivity contribution in [2.75, 3.05) is 0 Å². The van der Waals surface area contributed by atoms with Gasteiger partial charge in [0, 0.05) is 0 Å². The molecule has 0 heterocycles. The zero-order valence-electron chi connectivity index (χ0n) is 12.0. The van der Waals surface area contributed by atoms with E-state index in [0.717, 1.165) is 31.4 Å². The SMILES string of the molecule is CC(O)(c1ccc(F)c(F)c1)c1ccc2c(c1)CCCC2. The van der Waals surface area contributed by atoms with Crippen LogP contribution in [0.1, 0.15) is 42.0 Å². The van der Waals surface area contributed by atoms with Crippen molar-refractivity contribution in [2.45, 2.75) is 38.2 Å². The molecule has 2 aromatic carbocycles. The van der Waals surface area contributed by atoms with E-state index in [1.807, 2.05) is 18.2 Å². The van der Waals surface area contributed by atoms with Crippen molar-refractivity contribution < 1.29 is 13.9 Å². The molecule has 1 nitrogen and oxygen atoms in total. The largest absolute Gasteiger partial charge is 0.381 e. The molecule has 0 aromatic heterocycles. The summed E-state index contributed by atoms with van der Waals surface area (Å²) in [5.74, 6) is -1.84. The Labute approximate surface area is 123 Å². The lowest BCUT2D eigenvalue weighted by molar-refractivity contribution is 0.102. The van der Waals surface area contributed by atoms with Crippen LogP contribution >= 0.6 is 0 Å². The van der Waals surface area contributed by atoms with E-state index in [4.69, 9.17) is 0 Å². The van der Waals surface area contributed by atoms with E-state index < -0.39 is 17.2 Å². The van der Waals surface area contributed by atoms with Gasteiger partial charge >= 0.3 is 0 Å². The first kappa shape index (κ1) is 14.2. The monoisotopic (exact) mass is 288 g/mol. The van der Waals surface area contributed by atoms with Crippen molar-refractivity contribution in [2.24, 2.45) is 0 Å². The van der Waals surface area contributed by atoms with Gasteiger partial charge in [0.25, 0.3) is 0 Å². The van der Waals surface area contributed by atoms with Gasteiger partial charge in [0.1, 0.15) is 5.60 Å². The molecule has 110 valence electrons. The Hall–Kier alpha value is -1.74. The normalized spacial score (nSPS) is 17.1. The molecular formula is C18H18F2O. The minimum atomic E-state index is -1.33. The van der Waals surface area contributed by atoms with Gasteiger partial charge in [-0.25, -0.2) is 8.78 Å². The summed E-state index contributed by atoms with van der Waals surface area (Å²) in [6.45, 7) is 1.62. The summed E-state index contributed by atoms with van der Waals surface area (Å²) in [4.78, 5) is 0. The van der Waals surface area contributed by atoms with Crippen molar-refractivity contribution in [3.63, 3.8) is 0 Å². The smallest absolute Gasteiger partial charge is 0.159 e. The van der Waals surface area contributed by atoms with Crippen molar-refractivity contribution >= 4 is 0 Å². The third-order valence-electron chi connectivity index (χ3n) is 4.39. The first-order valence-electron chi connectivity index (χ1n) is 7.28. The van der Waals surface area contributed by atoms with Gasteiger partial charge in [0.15, 0.2) is 11.6 Å². The number of rotatable bonds is 2. The average molecular weight is 288 g/mol. The molecule has 2 aromatic rings. The van der Waals surface area contributed by atoms with E-state index in [-0.39, 0.29) is 0 Å². The molecule has 0 saturated heterocycles. The minimum Gasteiger partial charge on any atom is -0.381 e. The number of hydrogen-bond acceptors (Lipinski definition) is 1. The highest BCUT2D eigenvalue weighted by molar-refractivity contribution is 5.41. The number of aliphatic hydroxyl groups is 1. The Morgan fingerprint density at radius 2 is 1.48 bits per heavy atom. The topological polar surface area (TPSA) is 20.2 Å². The zero-order chi connectivity index (χ0) is 15.0. The van der Waals surface area contributed by atoms with E-state index in [1.54, 1.807) is 6.92 Å². The molecule has 0 bridgehead atoms. The molecule has 1 atom stereocenters. The maximum absolute atomic E-state index is 13.4. The van der Waals surface area contributed by atoms with E-state index in [1.165, 1.54) is 23.6 Å². The fourth-order valence-corrected chi connectivity index (χ4v) is 3.00. The van der Waals surface area contributed by atoms with E-state index in [9.17, 15) is 13.9 Å². The molecule has 1 aliphatic rings. The summed E-state index contributed by atoms with van der Waals surface area (Å²) >= 11 is 0. The Bertz CT molecular complexity index is 677. The third kappa shape index (κ3) is 2.58. The number of benzene rings is 2. The molecule has 0 spiro atoms. The summed E-state index contributed by atoms with van der Waals surface area (Å²) < 4.78 is 26.5. The second-order valence-electron chi connectivity index (χ2n) is 5.89. The van der Waals surface area contributed by atoms with Crippen LogP contribution in [0, 0.1) is 11.6 Å². The molecule has 1 unspecified atom stereocenters. The lowest BCUT2D eigenvalue weighted by Crippen LogP contribution is -2.23. The Morgan fingerprint density at radius 3 is 2.19 bits per heavy atom. The predicted octanol–water partition coefficient (Wildman–Crippen LogP) is 4.10. The summed E-state index contributed by atoms with van der Waals surface area (Å²) in [5, 5.41) is 10.8. The van der Waals surface area contributed by atoms with Crippen molar-refractivity contribution in [3.05, 3.63) is 70.3 Å². The predicted molar refractivity (Wildman–Crippen MR) is 78.1 cm³/mol.